The molecule has 1 aromatic heterocycles. The van der Waals surface area contributed by atoms with Gasteiger partial charge in [0.1, 0.15) is 18.2 Å². The topological polar surface area (TPSA) is 85.5 Å². The van der Waals surface area contributed by atoms with Crippen LogP contribution in [0.25, 0.3) is 0 Å². The Balaban J connectivity index is 1.82. The lowest BCUT2D eigenvalue weighted by Gasteiger charge is -2.18. The average Bonchev–Trinajstić information content (AvgIpc) is 2.63. The molecule has 2 aromatic rings. The molecule has 132 valence electrons. The summed E-state index contributed by atoms with van der Waals surface area (Å²) in [7, 11) is 1.96. The summed E-state index contributed by atoms with van der Waals surface area (Å²) in [6.07, 6.45) is 2.18. The van der Waals surface area contributed by atoms with Gasteiger partial charge in [0.05, 0.1) is 11.8 Å². The Morgan fingerprint density at radius 1 is 1.32 bits per heavy atom. The number of nitrogens with two attached hydrogens (primary N) is 1. The van der Waals surface area contributed by atoms with Crippen LogP contribution in [0.3, 0.4) is 0 Å². The van der Waals surface area contributed by atoms with E-state index in [1.807, 2.05) is 54.4 Å². The SMILES string of the molecule is CN(CCOc1ccc(CC(SC=O)C(N)=O)cc1)c1ccccn1. The third-order valence-electron chi connectivity index (χ3n) is 3.62. The molecule has 0 saturated carbocycles. The average molecular weight is 359 g/mol. The highest BCUT2D eigenvalue weighted by atomic mass is 32.2. The number of anilines is 1. The van der Waals surface area contributed by atoms with Gasteiger partial charge >= 0.3 is 0 Å². The van der Waals surface area contributed by atoms with Crippen LogP contribution in [0, 0.1) is 0 Å². The fourth-order valence-electron chi connectivity index (χ4n) is 2.21. The van der Waals surface area contributed by atoms with E-state index < -0.39 is 11.2 Å². The van der Waals surface area contributed by atoms with Crippen molar-refractivity contribution in [1.82, 2.24) is 4.98 Å². The molecule has 0 spiro atoms. The number of benzene rings is 1. The molecule has 0 aliphatic rings. The number of primary amides is 1. The lowest BCUT2D eigenvalue weighted by atomic mass is 10.1. The molecular formula is C18H21N3O3S. The highest BCUT2D eigenvalue weighted by Crippen LogP contribution is 2.18. The molecule has 1 atom stereocenters. The van der Waals surface area contributed by atoms with Crippen molar-refractivity contribution in [1.29, 1.82) is 0 Å². The maximum atomic E-state index is 11.3. The van der Waals surface area contributed by atoms with Crippen molar-refractivity contribution in [2.45, 2.75) is 11.7 Å². The first-order chi connectivity index (χ1) is 12.1. The summed E-state index contributed by atoms with van der Waals surface area (Å²) in [6, 6.07) is 13.2. The monoisotopic (exact) mass is 359 g/mol. The van der Waals surface area contributed by atoms with E-state index in [0.29, 0.717) is 25.2 Å². The summed E-state index contributed by atoms with van der Waals surface area (Å²) in [6.45, 7) is 1.23. The van der Waals surface area contributed by atoms with Crippen LogP contribution in [-0.2, 0) is 16.0 Å². The van der Waals surface area contributed by atoms with Gasteiger partial charge in [-0.1, -0.05) is 30.0 Å². The van der Waals surface area contributed by atoms with Crippen LogP contribution in [0.4, 0.5) is 5.82 Å². The van der Waals surface area contributed by atoms with Crippen molar-refractivity contribution in [3.63, 3.8) is 0 Å². The number of amides is 1. The Hall–Kier alpha value is -2.54. The summed E-state index contributed by atoms with van der Waals surface area (Å²) >= 11 is 0.901. The number of carbonyl (C=O) groups is 2. The molecule has 0 fully saturated rings. The van der Waals surface area contributed by atoms with Crippen LogP contribution in [0.2, 0.25) is 0 Å². The zero-order chi connectivity index (χ0) is 18.1. The van der Waals surface area contributed by atoms with Crippen LogP contribution in [0.1, 0.15) is 5.56 Å². The highest BCUT2D eigenvalue weighted by Gasteiger charge is 2.16. The largest absolute Gasteiger partial charge is 0.492 e. The van der Waals surface area contributed by atoms with Crippen molar-refractivity contribution >= 4 is 29.1 Å². The van der Waals surface area contributed by atoms with E-state index >= 15 is 0 Å². The Bertz CT molecular complexity index is 680. The molecule has 2 N–H and O–H groups in total. The second-order valence-corrected chi connectivity index (χ2v) is 6.46. The number of ether oxygens (including phenoxy) is 1. The summed E-state index contributed by atoms with van der Waals surface area (Å²) in [4.78, 5) is 28.2. The Kier molecular flexibility index (Phi) is 7.28. The lowest BCUT2D eigenvalue weighted by molar-refractivity contribution is -0.117. The number of thioether (sulfide) groups is 1. The van der Waals surface area contributed by atoms with Gasteiger partial charge in [0.2, 0.25) is 5.91 Å². The predicted octanol–water partition coefficient (Wildman–Crippen LogP) is 1.92. The minimum absolute atomic E-state index is 0.418. The zero-order valence-corrected chi connectivity index (χ0v) is 14.8. The molecule has 1 aromatic carbocycles. The third kappa shape index (κ3) is 6.11. The first-order valence-corrected chi connectivity index (χ1v) is 8.76. The van der Waals surface area contributed by atoms with Gasteiger partial charge in [-0.05, 0) is 36.2 Å². The van der Waals surface area contributed by atoms with Crippen molar-refractivity contribution in [2.75, 3.05) is 25.1 Å². The Morgan fingerprint density at radius 2 is 2.08 bits per heavy atom. The fourth-order valence-corrected chi connectivity index (χ4v) is 2.77. The van der Waals surface area contributed by atoms with Gasteiger partial charge in [-0.15, -0.1) is 0 Å². The first-order valence-electron chi connectivity index (χ1n) is 7.82. The van der Waals surface area contributed by atoms with Crippen LogP contribution < -0.4 is 15.4 Å². The molecule has 0 saturated heterocycles. The number of aromatic nitrogens is 1. The Morgan fingerprint density at radius 3 is 2.68 bits per heavy atom. The molecule has 1 amide bonds. The number of hydrogen-bond acceptors (Lipinski definition) is 6. The molecular weight excluding hydrogens is 338 g/mol. The van der Waals surface area contributed by atoms with E-state index in [2.05, 4.69) is 4.98 Å². The van der Waals surface area contributed by atoms with Crippen LogP contribution >= 0.6 is 11.8 Å². The molecule has 0 radical (unpaired) electrons. The number of hydrogen-bond donors (Lipinski definition) is 1. The van der Waals surface area contributed by atoms with E-state index in [1.165, 1.54) is 0 Å². The summed E-state index contributed by atoms with van der Waals surface area (Å²) < 4.78 is 5.73. The maximum absolute atomic E-state index is 11.3. The first kappa shape index (κ1) is 18.8. The molecule has 7 heteroatoms. The minimum Gasteiger partial charge on any atom is -0.492 e. The van der Waals surface area contributed by atoms with Gasteiger partial charge in [0.25, 0.3) is 0 Å². The van der Waals surface area contributed by atoms with Gasteiger partial charge in [-0.3, -0.25) is 9.59 Å². The van der Waals surface area contributed by atoms with E-state index in [1.54, 1.807) is 6.20 Å². The smallest absolute Gasteiger partial charge is 0.231 e. The van der Waals surface area contributed by atoms with Crippen molar-refractivity contribution in [2.24, 2.45) is 5.73 Å². The number of nitrogens with zero attached hydrogens (tertiary/aromatic N) is 2. The van der Waals surface area contributed by atoms with Gasteiger partial charge in [0, 0.05) is 13.2 Å². The van der Waals surface area contributed by atoms with Crippen LogP contribution in [0.15, 0.2) is 48.7 Å². The van der Waals surface area contributed by atoms with E-state index in [0.717, 1.165) is 28.9 Å². The minimum atomic E-state index is -0.545. The second kappa shape index (κ2) is 9.68. The van der Waals surface area contributed by atoms with E-state index in [9.17, 15) is 9.59 Å². The van der Waals surface area contributed by atoms with Crippen molar-refractivity contribution in [3.05, 3.63) is 54.2 Å². The second-order valence-electron chi connectivity index (χ2n) is 5.43. The number of pyridine rings is 1. The van der Waals surface area contributed by atoms with Crippen molar-refractivity contribution in [3.8, 4) is 5.75 Å². The van der Waals surface area contributed by atoms with Gasteiger partial charge in [0.15, 0.2) is 5.62 Å². The molecule has 2 rings (SSSR count). The number of carbonyl (C=O) groups excluding carboxylic acids is 2. The molecule has 6 nitrogen and oxygen atoms in total. The fraction of sp³-hybridized carbons (Fsp3) is 0.278. The van der Waals surface area contributed by atoms with Crippen molar-refractivity contribution < 1.29 is 14.3 Å². The number of rotatable bonds is 10. The molecule has 1 unspecified atom stereocenters. The standard InChI is InChI=1S/C18H21N3O3S/c1-21(17-4-2-3-9-20-17)10-11-24-15-7-5-14(6-8-15)12-16(18(19)23)25-13-22/h2-9,13,16H,10-12H2,1H3,(H2,19,23). The van der Waals surface area contributed by atoms with Gasteiger partial charge < -0.3 is 15.4 Å². The lowest BCUT2D eigenvalue weighted by Crippen LogP contribution is -2.27. The molecule has 1 heterocycles. The molecule has 0 bridgehead atoms. The van der Waals surface area contributed by atoms with Gasteiger partial charge in [-0.2, -0.15) is 0 Å². The molecule has 0 aliphatic heterocycles. The zero-order valence-electron chi connectivity index (χ0n) is 14.0. The van der Waals surface area contributed by atoms with Gasteiger partial charge in [-0.25, -0.2) is 4.98 Å². The molecule has 25 heavy (non-hydrogen) atoms. The van der Waals surface area contributed by atoms with Crippen LogP contribution in [0.5, 0.6) is 5.75 Å². The summed E-state index contributed by atoms with van der Waals surface area (Å²) in [5.74, 6) is 1.15. The molecule has 0 aliphatic carbocycles. The third-order valence-corrected chi connectivity index (χ3v) is 4.46. The van der Waals surface area contributed by atoms with E-state index in [4.69, 9.17) is 10.5 Å². The van der Waals surface area contributed by atoms with Crippen LogP contribution in [-0.4, -0.2) is 42.0 Å². The predicted molar refractivity (Wildman–Crippen MR) is 100 cm³/mol. The van der Waals surface area contributed by atoms with E-state index in [-0.39, 0.29) is 0 Å². The summed E-state index contributed by atoms with van der Waals surface area (Å²) in [5.41, 5.74) is 6.86. The quantitative estimate of drug-likeness (QED) is 0.652. The Labute approximate surface area is 151 Å². The highest BCUT2D eigenvalue weighted by molar-refractivity contribution is 8.13. The number of likely N-dealkylation sites (N-methyl/N-ethyl adjacent to an activating group) is 1. The summed E-state index contributed by atoms with van der Waals surface area (Å²) in [5, 5.41) is -0.545. The maximum Gasteiger partial charge on any atom is 0.231 e. The normalized spacial score (nSPS) is 11.6.